The average molecular weight is 377 g/mol. The zero-order chi connectivity index (χ0) is 18.3. The highest BCUT2D eigenvalue weighted by molar-refractivity contribution is 7.13. The summed E-state index contributed by atoms with van der Waals surface area (Å²) >= 11 is 1.43. The van der Waals surface area contributed by atoms with E-state index in [9.17, 15) is 9.59 Å². The number of amides is 2. The first kappa shape index (κ1) is 17.9. The molecule has 2 saturated carbocycles. The van der Waals surface area contributed by atoms with Gasteiger partial charge >= 0.3 is 0 Å². The Morgan fingerprint density at radius 2 is 1.92 bits per heavy atom. The first-order valence-corrected chi connectivity index (χ1v) is 10.5. The molecule has 6 nitrogen and oxygen atoms in total. The van der Waals surface area contributed by atoms with Crippen molar-refractivity contribution < 1.29 is 9.59 Å². The number of aryl methyl sites for hydroxylation is 1. The van der Waals surface area contributed by atoms with Gasteiger partial charge in [-0.25, -0.2) is 4.98 Å². The van der Waals surface area contributed by atoms with E-state index in [1.165, 1.54) is 17.8 Å². The molecule has 1 saturated heterocycles. The van der Waals surface area contributed by atoms with Crippen LogP contribution in [0.2, 0.25) is 0 Å². The minimum Gasteiger partial charge on any atom is -0.352 e. The smallest absolute Gasteiger partial charge is 0.263 e. The van der Waals surface area contributed by atoms with Gasteiger partial charge in [-0.15, -0.1) is 11.3 Å². The van der Waals surface area contributed by atoms with Crippen molar-refractivity contribution in [2.75, 3.05) is 20.1 Å². The Morgan fingerprint density at radius 1 is 1.23 bits per heavy atom. The number of rotatable bonds is 4. The number of carbonyl (C=O) groups excluding carboxylic acids is 2. The highest BCUT2D eigenvalue weighted by Crippen LogP contribution is 2.56. The molecule has 2 amide bonds. The fraction of sp³-hybridized carbons (Fsp3) is 0.737. The standard InChI is InChI=1S/C19H28N4O2S/c1-12-20-11-14(26-12)18(25)22-16-10-15(19(16)6-3-7-19)21-17(24)13-4-8-23(2)9-5-13/h11,13,15-16H,3-10H2,1-2H3,(H,21,24)(H,22,25). The molecule has 3 fully saturated rings. The quantitative estimate of drug-likeness (QED) is 0.842. The third kappa shape index (κ3) is 3.16. The van der Waals surface area contributed by atoms with Gasteiger partial charge in [-0.1, -0.05) is 6.42 Å². The minimum absolute atomic E-state index is 0.0213. The lowest BCUT2D eigenvalue weighted by Crippen LogP contribution is -2.71. The van der Waals surface area contributed by atoms with Gasteiger partial charge in [0, 0.05) is 23.4 Å². The van der Waals surface area contributed by atoms with Gasteiger partial charge in [0.2, 0.25) is 5.91 Å². The number of carbonyl (C=O) groups is 2. The maximum absolute atomic E-state index is 12.7. The number of nitrogens with one attached hydrogen (secondary N) is 2. The zero-order valence-electron chi connectivity index (χ0n) is 15.6. The molecule has 4 rings (SSSR count). The molecule has 2 heterocycles. The van der Waals surface area contributed by atoms with Crippen LogP contribution in [-0.4, -0.2) is 53.9 Å². The van der Waals surface area contributed by atoms with Crippen molar-refractivity contribution >= 4 is 23.2 Å². The molecule has 7 heteroatoms. The lowest BCUT2D eigenvalue weighted by molar-refractivity contribution is -0.133. The first-order chi connectivity index (χ1) is 12.5. The fourth-order valence-electron chi connectivity index (χ4n) is 4.73. The Hall–Kier alpha value is -1.47. The number of hydrogen-bond acceptors (Lipinski definition) is 5. The molecule has 2 N–H and O–H groups in total. The molecule has 3 aliphatic rings. The molecule has 2 aliphatic carbocycles. The predicted molar refractivity (Wildman–Crippen MR) is 101 cm³/mol. The van der Waals surface area contributed by atoms with Gasteiger partial charge in [0.15, 0.2) is 0 Å². The van der Waals surface area contributed by atoms with E-state index in [4.69, 9.17) is 0 Å². The van der Waals surface area contributed by atoms with E-state index in [0.29, 0.717) is 4.88 Å². The molecule has 1 aliphatic heterocycles. The molecular weight excluding hydrogens is 348 g/mol. The van der Waals surface area contributed by atoms with E-state index in [0.717, 1.165) is 50.2 Å². The minimum atomic E-state index is -0.0213. The van der Waals surface area contributed by atoms with Crippen LogP contribution in [0.1, 0.15) is 53.2 Å². The van der Waals surface area contributed by atoms with E-state index in [1.807, 2.05) is 6.92 Å². The van der Waals surface area contributed by atoms with Gasteiger partial charge < -0.3 is 15.5 Å². The molecule has 2 unspecified atom stereocenters. The molecule has 1 aromatic rings. The van der Waals surface area contributed by atoms with E-state index < -0.39 is 0 Å². The molecule has 0 aromatic carbocycles. The number of piperidine rings is 1. The molecule has 142 valence electrons. The van der Waals surface area contributed by atoms with Crippen LogP contribution in [0.4, 0.5) is 0 Å². The number of aromatic nitrogens is 1. The number of nitrogens with zero attached hydrogens (tertiary/aromatic N) is 2. The monoisotopic (exact) mass is 376 g/mol. The normalized spacial score (nSPS) is 28.2. The zero-order valence-corrected chi connectivity index (χ0v) is 16.4. The van der Waals surface area contributed by atoms with Crippen LogP contribution in [0.3, 0.4) is 0 Å². The van der Waals surface area contributed by atoms with Gasteiger partial charge in [-0.05, 0) is 59.2 Å². The van der Waals surface area contributed by atoms with Crippen molar-refractivity contribution in [3.05, 3.63) is 16.1 Å². The van der Waals surface area contributed by atoms with Crippen LogP contribution >= 0.6 is 11.3 Å². The topological polar surface area (TPSA) is 74.3 Å². The van der Waals surface area contributed by atoms with E-state index >= 15 is 0 Å². The predicted octanol–water partition coefficient (Wildman–Crippen LogP) is 1.95. The maximum atomic E-state index is 12.7. The number of likely N-dealkylation sites (tertiary alicyclic amines) is 1. The van der Waals surface area contributed by atoms with Gasteiger partial charge in [0.1, 0.15) is 4.88 Å². The summed E-state index contributed by atoms with van der Waals surface area (Å²) in [6.07, 6.45) is 7.78. The third-order valence-corrected chi connectivity index (χ3v) is 7.61. The maximum Gasteiger partial charge on any atom is 0.263 e. The van der Waals surface area contributed by atoms with Gasteiger partial charge in [0.05, 0.1) is 11.2 Å². The second-order valence-electron chi connectivity index (χ2n) is 8.23. The van der Waals surface area contributed by atoms with E-state index in [2.05, 4.69) is 27.6 Å². The summed E-state index contributed by atoms with van der Waals surface area (Å²) in [7, 11) is 2.11. The fourth-order valence-corrected chi connectivity index (χ4v) is 5.41. The number of thiazole rings is 1. The van der Waals surface area contributed by atoms with Crippen molar-refractivity contribution in [3.8, 4) is 0 Å². The summed E-state index contributed by atoms with van der Waals surface area (Å²) in [6.45, 7) is 3.91. The van der Waals surface area contributed by atoms with Gasteiger partial charge in [-0.2, -0.15) is 0 Å². The van der Waals surface area contributed by atoms with Crippen molar-refractivity contribution in [3.63, 3.8) is 0 Å². The van der Waals surface area contributed by atoms with E-state index in [-0.39, 0.29) is 35.2 Å². The summed E-state index contributed by atoms with van der Waals surface area (Å²) in [4.78, 5) is 32.3. The van der Waals surface area contributed by atoms with Crippen LogP contribution in [0.5, 0.6) is 0 Å². The van der Waals surface area contributed by atoms with Crippen LogP contribution in [-0.2, 0) is 4.79 Å². The summed E-state index contributed by atoms with van der Waals surface area (Å²) in [5.74, 6) is 0.348. The second kappa shape index (κ2) is 6.93. The van der Waals surface area contributed by atoms with Crippen LogP contribution in [0, 0.1) is 18.3 Å². The van der Waals surface area contributed by atoms with Crippen molar-refractivity contribution in [2.45, 2.75) is 57.5 Å². The summed E-state index contributed by atoms with van der Waals surface area (Å²) in [5.41, 5.74) is 0.0799. The average Bonchev–Trinajstić information content (AvgIpc) is 2.99. The van der Waals surface area contributed by atoms with Gasteiger partial charge in [-0.3, -0.25) is 9.59 Å². The highest BCUT2D eigenvalue weighted by atomic mass is 32.1. The first-order valence-electron chi connectivity index (χ1n) is 9.70. The lowest BCUT2D eigenvalue weighted by Gasteiger charge is -2.61. The Balaban J connectivity index is 1.34. The third-order valence-electron chi connectivity index (χ3n) is 6.70. The van der Waals surface area contributed by atoms with Crippen LogP contribution in [0.25, 0.3) is 0 Å². The molecule has 1 spiro atoms. The molecule has 0 radical (unpaired) electrons. The van der Waals surface area contributed by atoms with Crippen molar-refractivity contribution in [2.24, 2.45) is 11.3 Å². The highest BCUT2D eigenvalue weighted by Gasteiger charge is 2.59. The van der Waals surface area contributed by atoms with Crippen LogP contribution in [0.15, 0.2) is 6.20 Å². The number of hydrogen-bond donors (Lipinski definition) is 2. The molecule has 1 aromatic heterocycles. The summed E-state index contributed by atoms with van der Waals surface area (Å²) in [6, 6.07) is 0.394. The van der Waals surface area contributed by atoms with Gasteiger partial charge in [0.25, 0.3) is 5.91 Å². The second-order valence-corrected chi connectivity index (χ2v) is 9.47. The Labute approximate surface area is 158 Å². The molecular formula is C19H28N4O2S. The van der Waals surface area contributed by atoms with E-state index in [1.54, 1.807) is 6.20 Å². The van der Waals surface area contributed by atoms with Crippen molar-refractivity contribution in [1.29, 1.82) is 0 Å². The largest absolute Gasteiger partial charge is 0.352 e. The molecule has 2 atom stereocenters. The molecule has 26 heavy (non-hydrogen) atoms. The SMILES string of the molecule is Cc1ncc(C(=O)NC2CC(NC(=O)C3CCN(C)CC3)C23CCC3)s1. The lowest BCUT2D eigenvalue weighted by atomic mass is 9.49. The Bertz CT molecular complexity index is 691. The Kier molecular flexibility index (Phi) is 4.77. The Morgan fingerprint density at radius 3 is 2.50 bits per heavy atom. The summed E-state index contributed by atoms with van der Waals surface area (Å²) < 4.78 is 0. The van der Waals surface area contributed by atoms with Crippen molar-refractivity contribution in [1.82, 2.24) is 20.5 Å². The summed E-state index contributed by atoms with van der Waals surface area (Å²) in [5, 5.41) is 7.43. The molecule has 0 bridgehead atoms. The van der Waals surface area contributed by atoms with Crippen LogP contribution < -0.4 is 10.6 Å².